The maximum atomic E-state index is 12.8. The number of carboxylic acid groups (broad SMARTS) is 1. The Morgan fingerprint density at radius 3 is 2.64 bits per heavy atom. The number of carboxylic acids is 1. The molecule has 0 radical (unpaired) electrons. The Bertz CT molecular complexity index is 956. The lowest BCUT2D eigenvalue weighted by Gasteiger charge is -2.22. The topological polar surface area (TPSA) is 82.5 Å². The number of thiazole rings is 1. The van der Waals surface area contributed by atoms with E-state index in [4.69, 9.17) is 4.98 Å². The SMILES string of the molecule is O=C(O)C1CCN(C(=O)NC(Cc2ccccc2)c2nc3ccccc3s2)C1. The number of aliphatic carboxylic acids is 1. The zero-order valence-electron chi connectivity index (χ0n) is 15.2. The Hall–Kier alpha value is -2.93. The third-order valence-corrected chi connectivity index (χ3v) is 6.16. The number of aromatic nitrogens is 1. The molecule has 3 aromatic rings. The highest BCUT2D eigenvalue weighted by molar-refractivity contribution is 7.18. The molecule has 2 aromatic carbocycles. The van der Waals surface area contributed by atoms with Gasteiger partial charge in [0.25, 0.3) is 0 Å². The first-order chi connectivity index (χ1) is 13.6. The second-order valence-corrected chi connectivity index (χ2v) is 8.04. The van der Waals surface area contributed by atoms with E-state index in [-0.39, 0.29) is 18.6 Å². The van der Waals surface area contributed by atoms with Gasteiger partial charge in [-0.3, -0.25) is 4.79 Å². The third kappa shape index (κ3) is 3.99. The average molecular weight is 395 g/mol. The van der Waals surface area contributed by atoms with Gasteiger partial charge in [-0.2, -0.15) is 0 Å². The summed E-state index contributed by atoms with van der Waals surface area (Å²) >= 11 is 1.58. The lowest BCUT2D eigenvalue weighted by Crippen LogP contribution is -2.41. The number of benzene rings is 2. The molecule has 2 amide bonds. The predicted octanol–water partition coefficient (Wildman–Crippen LogP) is 3.70. The number of carbonyl (C=O) groups excluding carboxylic acids is 1. The first-order valence-electron chi connectivity index (χ1n) is 9.28. The maximum absolute atomic E-state index is 12.8. The van der Waals surface area contributed by atoms with Crippen LogP contribution in [0.25, 0.3) is 10.2 Å². The fourth-order valence-electron chi connectivity index (χ4n) is 3.48. The molecule has 0 saturated carbocycles. The summed E-state index contributed by atoms with van der Waals surface area (Å²) in [4.78, 5) is 30.3. The number of carbonyl (C=O) groups is 2. The zero-order valence-corrected chi connectivity index (χ0v) is 16.1. The first-order valence-corrected chi connectivity index (χ1v) is 10.1. The molecule has 1 fully saturated rings. The molecule has 2 unspecified atom stereocenters. The van der Waals surface area contributed by atoms with Crippen LogP contribution < -0.4 is 5.32 Å². The number of hydrogen-bond acceptors (Lipinski definition) is 4. The zero-order chi connectivity index (χ0) is 19.5. The molecule has 1 aliphatic rings. The number of nitrogens with one attached hydrogen (secondary N) is 1. The number of amides is 2. The van der Waals surface area contributed by atoms with Gasteiger partial charge in [-0.05, 0) is 30.5 Å². The van der Waals surface area contributed by atoms with E-state index in [0.717, 1.165) is 20.8 Å². The summed E-state index contributed by atoms with van der Waals surface area (Å²) in [5, 5.41) is 13.1. The van der Waals surface area contributed by atoms with E-state index in [1.165, 1.54) is 0 Å². The van der Waals surface area contributed by atoms with Crippen LogP contribution in [-0.2, 0) is 11.2 Å². The van der Waals surface area contributed by atoms with Crippen molar-refractivity contribution in [2.24, 2.45) is 5.92 Å². The van der Waals surface area contributed by atoms with Crippen LogP contribution in [0.15, 0.2) is 54.6 Å². The summed E-state index contributed by atoms with van der Waals surface area (Å²) in [6.07, 6.45) is 1.12. The smallest absolute Gasteiger partial charge is 0.317 e. The molecule has 0 spiro atoms. The minimum absolute atomic E-state index is 0.232. The second-order valence-electron chi connectivity index (χ2n) is 6.98. The number of hydrogen-bond donors (Lipinski definition) is 2. The quantitative estimate of drug-likeness (QED) is 0.690. The summed E-state index contributed by atoms with van der Waals surface area (Å²) in [6, 6.07) is 17.4. The van der Waals surface area contributed by atoms with Gasteiger partial charge in [0, 0.05) is 13.1 Å². The number of nitrogens with zero attached hydrogens (tertiary/aromatic N) is 2. The van der Waals surface area contributed by atoms with Crippen LogP contribution in [0, 0.1) is 5.92 Å². The van der Waals surface area contributed by atoms with E-state index in [9.17, 15) is 14.7 Å². The fourth-order valence-corrected chi connectivity index (χ4v) is 4.49. The van der Waals surface area contributed by atoms with Gasteiger partial charge in [0.1, 0.15) is 5.01 Å². The molecule has 144 valence electrons. The summed E-state index contributed by atoms with van der Waals surface area (Å²) in [5.74, 6) is -1.33. The highest BCUT2D eigenvalue weighted by Crippen LogP contribution is 2.29. The summed E-state index contributed by atoms with van der Waals surface area (Å²) in [7, 11) is 0. The molecule has 2 heterocycles. The van der Waals surface area contributed by atoms with Gasteiger partial charge in [-0.15, -0.1) is 11.3 Å². The van der Waals surface area contributed by atoms with E-state index in [2.05, 4.69) is 5.32 Å². The number of fused-ring (bicyclic) bond motifs is 1. The Kier molecular flexibility index (Phi) is 5.25. The predicted molar refractivity (Wildman–Crippen MR) is 108 cm³/mol. The van der Waals surface area contributed by atoms with Gasteiger partial charge >= 0.3 is 12.0 Å². The molecule has 0 bridgehead atoms. The minimum Gasteiger partial charge on any atom is -0.481 e. The van der Waals surface area contributed by atoms with Crippen molar-refractivity contribution in [3.05, 3.63) is 65.2 Å². The van der Waals surface area contributed by atoms with Crippen LogP contribution in [0.1, 0.15) is 23.0 Å². The normalized spacial score (nSPS) is 17.6. The van der Waals surface area contributed by atoms with Crippen LogP contribution in [0.2, 0.25) is 0 Å². The van der Waals surface area contributed by atoms with Crippen molar-refractivity contribution in [1.82, 2.24) is 15.2 Å². The van der Waals surface area contributed by atoms with E-state index < -0.39 is 11.9 Å². The van der Waals surface area contributed by atoms with Gasteiger partial charge in [-0.25, -0.2) is 9.78 Å². The van der Waals surface area contributed by atoms with Crippen molar-refractivity contribution in [3.8, 4) is 0 Å². The molecule has 4 rings (SSSR count). The Labute approximate surface area is 166 Å². The van der Waals surface area contributed by atoms with E-state index in [1.54, 1.807) is 16.2 Å². The molecular formula is C21H21N3O3S. The second kappa shape index (κ2) is 7.98. The Balaban J connectivity index is 1.56. The van der Waals surface area contributed by atoms with Crippen molar-refractivity contribution >= 4 is 33.6 Å². The molecule has 2 N–H and O–H groups in total. The van der Waals surface area contributed by atoms with Gasteiger partial charge in [-0.1, -0.05) is 42.5 Å². The number of likely N-dealkylation sites (tertiary alicyclic amines) is 1. The van der Waals surface area contributed by atoms with Crippen LogP contribution >= 0.6 is 11.3 Å². The third-order valence-electron chi connectivity index (χ3n) is 5.01. The number of para-hydroxylation sites is 1. The summed E-state index contributed by atoms with van der Waals surface area (Å²) in [6.45, 7) is 0.708. The standard InChI is InChI=1S/C21H21N3O3S/c25-20(26)15-10-11-24(13-15)21(27)23-17(12-14-6-2-1-3-7-14)19-22-16-8-4-5-9-18(16)28-19/h1-9,15,17H,10-13H2,(H,23,27)(H,25,26). The molecular weight excluding hydrogens is 374 g/mol. The van der Waals surface area contributed by atoms with Gasteiger partial charge in [0.2, 0.25) is 0 Å². The van der Waals surface area contributed by atoms with Crippen molar-refractivity contribution in [2.75, 3.05) is 13.1 Å². The molecule has 2 atom stereocenters. The van der Waals surface area contributed by atoms with Crippen molar-refractivity contribution < 1.29 is 14.7 Å². The number of urea groups is 1. The van der Waals surface area contributed by atoms with Gasteiger partial charge < -0.3 is 15.3 Å². The largest absolute Gasteiger partial charge is 0.481 e. The van der Waals surface area contributed by atoms with Crippen molar-refractivity contribution in [1.29, 1.82) is 0 Å². The summed E-state index contributed by atoms with van der Waals surface area (Å²) in [5.41, 5.74) is 2.03. The van der Waals surface area contributed by atoms with Crippen LogP contribution in [-0.4, -0.2) is 40.1 Å². The molecule has 1 saturated heterocycles. The van der Waals surface area contributed by atoms with E-state index >= 15 is 0 Å². The minimum atomic E-state index is -0.845. The van der Waals surface area contributed by atoms with Gasteiger partial charge in [0.05, 0.1) is 22.2 Å². The van der Waals surface area contributed by atoms with Gasteiger partial charge in [0.15, 0.2) is 0 Å². The lowest BCUT2D eigenvalue weighted by atomic mass is 10.1. The Morgan fingerprint density at radius 1 is 1.18 bits per heavy atom. The maximum Gasteiger partial charge on any atom is 0.317 e. The molecule has 1 aromatic heterocycles. The first kappa shape index (κ1) is 18.4. The van der Waals surface area contributed by atoms with E-state index in [0.29, 0.717) is 19.4 Å². The molecule has 28 heavy (non-hydrogen) atoms. The number of rotatable bonds is 5. The van der Waals surface area contributed by atoms with Crippen molar-refractivity contribution in [2.45, 2.75) is 18.9 Å². The molecule has 6 nitrogen and oxygen atoms in total. The highest BCUT2D eigenvalue weighted by atomic mass is 32.1. The van der Waals surface area contributed by atoms with Crippen LogP contribution in [0.5, 0.6) is 0 Å². The summed E-state index contributed by atoms with van der Waals surface area (Å²) < 4.78 is 1.08. The monoisotopic (exact) mass is 395 g/mol. The van der Waals surface area contributed by atoms with Crippen LogP contribution in [0.4, 0.5) is 4.79 Å². The average Bonchev–Trinajstić information content (AvgIpc) is 3.35. The van der Waals surface area contributed by atoms with Crippen molar-refractivity contribution in [3.63, 3.8) is 0 Å². The van der Waals surface area contributed by atoms with Crippen LogP contribution in [0.3, 0.4) is 0 Å². The lowest BCUT2D eigenvalue weighted by molar-refractivity contribution is -0.141. The van der Waals surface area contributed by atoms with E-state index in [1.807, 2.05) is 54.6 Å². The molecule has 7 heteroatoms. The highest BCUT2D eigenvalue weighted by Gasteiger charge is 2.32. The Morgan fingerprint density at radius 2 is 1.93 bits per heavy atom. The molecule has 1 aliphatic heterocycles. The fraction of sp³-hybridized carbons (Fsp3) is 0.286. The molecule has 0 aliphatic carbocycles.